The molecule has 0 spiro atoms. The monoisotopic (exact) mass is 201 g/mol. The minimum atomic E-state index is -4.29. The second-order valence-electron chi connectivity index (χ2n) is 2.88. The van der Waals surface area contributed by atoms with Gasteiger partial charge in [0.25, 0.3) is 0 Å². The Morgan fingerprint density at radius 3 is 2.07 bits per heavy atom. The van der Waals surface area contributed by atoms with Gasteiger partial charge in [-0.05, 0) is 17.7 Å². The molecule has 0 fully saturated rings. The fourth-order valence-corrected chi connectivity index (χ4v) is 1.03. The third-order valence-electron chi connectivity index (χ3n) is 1.88. The molecule has 0 aromatic heterocycles. The lowest BCUT2D eigenvalue weighted by molar-refractivity contribution is -0.137. The molecule has 76 valence electrons. The van der Waals surface area contributed by atoms with Crippen LogP contribution in [0, 0.1) is 0 Å². The molecule has 1 aromatic rings. The third-order valence-corrected chi connectivity index (χ3v) is 1.88. The van der Waals surface area contributed by atoms with Crippen LogP contribution in [-0.2, 0) is 6.18 Å². The van der Waals surface area contributed by atoms with Crippen molar-refractivity contribution < 1.29 is 13.2 Å². The lowest BCUT2D eigenvalue weighted by atomic mass is 10.1. The number of nitrogens with two attached hydrogens (primary N) is 1. The zero-order valence-electron chi connectivity index (χ0n) is 7.38. The molecule has 0 bridgehead atoms. The molecular weight excluding hydrogens is 191 g/mol. The summed E-state index contributed by atoms with van der Waals surface area (Å²) in [4.78, 5) is 0. The van der Waals surface area contributed by atoms with Crippen LogP contribution in [0.15, 0.2) is 36.9 Å². The van der Waals surface area contributed by atoms with Crippen molar-refractivity contribution in [2.75, 3.05) is 0 Å². The maximum Gasteiger partial charge on any atom is 0.416 e. The van der Waals surface area contributed by atoms with Gasteiger partial charge in [0.1, 0.15) is 0 Å². The first-order valence-corrected chi connectivity index (χ1v) is 4.00. The number of hydrogen-bond acceptors (Lipinski definition) is 1. The van der Waals surface area contributed by atoms with Crippen molar-refractivity contribution in [3.05, 3.63) is 48.0 Å². The Bertz CT molecular complexity index is 313. The highest BCUT2D eigenvalue weighted by Gasteiger charge is 2.29. The van der Waals surface area contributed by atoms with Gasteiger partial charge < -0.3 is 5.73 Å². The number of rotatable bonds is 2. The molecule has 1 rings (SSSR count). The molecule has 0 amide bonds. The van der Waals surface area contributed by atoms with Crippen molar-refractivity contribution in [3.63, 3.8) is 0 Å². The Labute approximate surface area is 80.0 Å². The van der Waals surface area contributed by atoms with E-state index >= 15 is 0 Å². The predicted molar refractivity (Wildman–Crippen MR) is 48.6 cm³/mol. The van der Waals surface area contributed by atoms with Crippen LogP contribution in [0.2, 0.25) is 0 Å². The standard InChI is InChI=1S/C10H10F3N/c1-2-9(14)7-3-5-8(6-4-7)10(11,12)13/h2-6,9H,1,14H2/t9-/m1/s1. The van der Waals surface area contributed by atoms with Crippen molar-refractivity contribution in [2.45, 2.75) is 12.2 Å². The van der Waals surface area contributed by atoms with Gasteiger partial charge in [-0.15, -0.1) is 6.58 Å². The average Bonchev–Trinajstić information content (AvgIpc) is 2.15. The minimum Gasteiger partial charge on any atom is -0.321 e. The van der Waals surface area contributed by atoms with Crippen LogP contribution in [0.4, 0.5) is 13.2 Å². The van der Waals surface area contributed by atoms with Crippen molar-refractivity contribution >= 4 is 0 Å². The summed E-state index contributed by atoms with van der Waals surface area (Å²) in [5.41, 5.74) is 5.50. The molecule has 1 atom stereocenters. The lowest BCUT2D eigenvalue weighted by Gasteiger charge is -2.09. The quantitative estimate of drug-likeness (QED) is 0.731. The first-order valence-electron chi connectivity index (χ1n) is 4.00. The van der Waals surface area contributed by atoms with Crippen LogP contribution in [0.5, 0.6) is 0 Å². The highest BCUT2D eigenvalue weighted by molar-refractivity contribution is 5.28. The van der Waals surface area contributed by atoms with Crippen molar-refractivity contribution in [1.29, 1.82) is 0 Å². The third kappa shape index (κ3) is 2.35. The van der Waals surface area contributed by atoms with E-state index in [-0.39, 0.29) is 0 Å². The van der Waals surface area contributed by atoms with Gasteiger partial charge in [0.15, 0.2) is 0 Å². The van der Waals surface area contributed by atoms with E-state index in [0.717, 1.165) is 12.1 Å². The SMILES string of the molecule is C=C[C@@H](N)c1ccc(C(F)(F)F)cc1. The van der Waals surface area contributed by atoms with Gasteiger partial charge in [0, 0.05) is 6.04 Å². The van der Waals surface area contributed by atoms with E-state index in [0.29, 0.717) is 5.56 Å². The van der Waals surface area contributed by atoms with E-state index in [1.165, 1.54) is 18.2 Å². The van der Waals surface area contributed by atoms with E-state index in [4.69, 9.17) is 5.73 Å². The zero-order chi connectivity index (χ0) is 10.8. The van der Waals surface area contributed by atoms with Gasteiger partial charge in [-0.1, -0.05) is 18.2 Å². The smallest absolute Gasteiger partial charge is 0.321 e. The van der Waals surface area contributed by atoms with Crippen molar-refractivity contribution in [2.24, 2.45) is 5.73 Å². The van der Waals surface area contributed by atoms with Crippen LogP contribution in [0.3, 0.4) is 0 Å². The topological polar surface area (TPSA) is 26.0 Å². The number of alkyl halides is 3. The Kier molecular flexibility index (Phi) is 2.96. The Hall–Kier alpha value is -1.29. The van der Waals surface area contributed by atoms with Gasteiger partial charge in [-0.3, -0.25) is 0 Å². The summed E-state index contributed by atoms with van der Waals surface area (Å²) < 4.78 is 36.5. The maximum absolute atomic E-state index is 12.2. The summed E-state index contributed by atoms with van der Waals surface area (Å²) in [6, 6.07) is 4.32. The fourth-order valence-electron chi connectivity index (χ4n) is 1.03. The summed E-state index contributed by atoms with van der Waals surface area (Å²) in [5, 5.41) is 0. The second-order valence-corrected chi connectivity index (χ2v) is 2.88. The van der Waals surface area contributed by atoms with Gasteiger partial charge in [0.05, 0.1) is 5.56 Å². The number of hydrogen-bond donors (Lipinski definition) is 1. The highest BCUT2D eigenvalue weighted by Crippen LogP contribution is 2.29. The highest BCUT2D eigenvalue weighted by atomic mass is 19.4. The average molecular weight is 201 g/mol. The van der Waals surface area contributed by atoms with E-state index in [9.17, 15) is 13.2 Å². The van der Waals surface area contributed by atoms with E-state index in [2.05, 4.69) is 6.58 Å². The van der Waals surface area contributed by atoms with Crippen LogP contribution < -0.4 is 5.73 Å². The van der Waals surface area contributed by atoms with Gasteiger partial charge in [-0.2, -0.15) is 13.2 Å². The molecule has 0 saturated carbocycles. The van der Waals surface area contributed by atoms with Gasteiger partial charge in [0.2, 0.25) is 0 Å². The fraction of sp³-hybridized carbons (Fsp3) is 0.200. The lowest BCUT2D eigenvalue weighted by Crippen LogP contribution is -2.08. The summed E-state index contributed by atoms with van der Waals surface area (Å²) in [5.74, 6) is 0. The maximum atomic E-state index is 12.2. The molecule has 0 saturated heterocycles. The van der Waals surface area contributed by atoms with E-state index < -0.39 is 17.8 Å². The summed E-state index contributed by atoms with van der Waals surface area (Å²) in [6.07, 6.45) is -2.82. The van der Waals surface area contributed by atoms with Gasteiger partial charge in [-0.25, -0.2) is 0 Å². The Morgan fingerprint density at radius 1 is 1.21 bits per heavy atom. The molecule has 0 aliphatic heterocycles. The van der Waals surface area contributed by atoms with Crippen LogP contribution in [-0.4, -0.2) is 0 Å². The van der Waals surface area contributed by atoms with Crippen LogP contribution in [0.1, 0.15) is 17.2 Å². The Balaban J connectivity index is 2.95. The number of benzene rings is 1. The molecule has 4 heteroatoms. The summed E-state index contributed by atoms with van der Waals surface area (Å²) in [6.45, 7) is 3.46. The van der Waals surface area contributed by atoms with Crippen LogP contribution >= 0.6 is 0 Å². The molecular formula is C10H10F3N. The normalized spacial score (nSPS) is 13.7. The number of halogens is 3. The molecule has 1 aromatic carbocycles. The van der Waals surface area contributed by atoms with Crippen molar-refractivity contribution in [1.82, 2.24) is 0 Å². The molecule has 2 N–H and O–H groups in total. The van der Waals surface area contributed by atoms with E-state index in [1.807, 2.05) is 0 Å². The first-order chi connectivity index (χ1) is 6.45. The largest absolute Gasteiger partial charge is 0.416 e. The molecule has 14 heavy (non-hydrogen) atoms. The zero-order valence-corrected chi connectivity index (χ0v) is 7.38. The van der Waals surface area contributed by atoms with Gasteiger partial charge >= 0.3 is 6.18 Å². The second kappa shape index (κ2) is 3.84. The summed E-state index contributed by atoms with van der Waals surface area (Å²) in [7, 11) is 0. The molecule has 0 unspecified atom stereocenters. The first kappa shape index (κ1) is 10.8. The molecule has 0 aliphatic rings. The van der Waals surface area contributed by atoms with Crippen LogP contribution in [0.25, 0.3) is 0 Å². The molecule has 0 aliphatic carbocycles. The van der Waals surface area contributed by atoms with Crippen molar-refractivity contribution in [3.8, 4) is 0 Å². The Morgan fingerprint density at radius 2 is 1.71 bits per heavy atom. The molecule has 1 nitrogen and oxygen atoms in total. The minimum absolute atomic E-state index is 0.419. The predicted octanol–water partition coefficient (Wildman–Crippen LogP) is 2.89. The molecule has 0 radical (unpaired) electrons. The summed E-state index contributed by atoms with van der Waals surface area (Å²) >= 11 is 0. The molecule has 0 heterocycles. The van der Waals surface area contributed by atoms with E-state index in [1.54, 1.807) is 0 Å².